The Labute approximate surface area is 114 Å². The van der Waals surface area contributed by atoms with Crippen LogP contribution < -0.4 is 5.32 Å². The van der Waals surface area contributed by atoms with E-state index >= 15 is 0 Å². The molecule has 1 aromatic heterocycles. The summed E-state index contributed by atoms with van der Waals surface area (Å²) in [5, 5.41) is 9.69. The minimum Gasteiger partial charge on any atom is -0.365 e. The van der Waals surface area contributed by atoms with Gasteiger partial charge in [0.25, 0.3) is 5.91 Å². The zero-order valence-corrected chi connectivity index (χ0v) is 12.1. The minimum atomic E-state index is -0.326. The summed E-state index contributed by atoms with van der Waals surface area (Å²) >= 11 is 2.16. The summed E-state index contributed by atoms with van der Waals surface area (Å²) in [6.45, 7) is 3.99. The molecule has 2 N–H and O–H groups in total. The molecule has 0 radical (unpaired) electrons. The maximum absolute atomic E-state index is 11.9. The molecule has 2 rings (SSSR count). The Morgan fingerprint density at radius 1 is 1.65 bits per heavy atom. The Hall–Kier alpha value is -0.630. The van der Waals surface area contributed by atoms with Crippen LogP contribution in [0.15, 0.2) is 0 Å². The molecule has 0 bridgehead atoms. The Kier molecular flexibility index (Phi) is 4.03. The molecule has 17 heavy (non-hydrogen) atoms. The smallest absolute Gasteiger partial charge is 0.254 e. The Bertz CT molecular complexity index is 419. The third-order valence-corrected chi connectivity index (χ3v) is 4.29. The van der Waals surface area contributed by atoms with Crippen molar-refractivity contribution in [1.82, 2.24) is 10.2 Å². The molecule has 2 unspecified atom stereocenters. The molecule has 0 saturated carbocycles. The molecular formula is C11H16IN3O2. The Morgan fingerprint density at radius 3 is 2.94 bits per heavy atom. The molecule has 1 aliphatic heterocycles. The van der Waals surface area contributed by atoms with Crippen LogP contribution in [0.4, 0.5) is 5.82 Å². The molecule has 1 saturated heterocycles. The fourth-order valence-corrected chi connectivity index (χ4v) is 2.27. The number of halogens is 1. The van der Waals surface area contributed by atoms with Gasteiger partial charge in [-0.15, -0.1) is 0 Å². The lowest BCUT2D eigenvalue weighted by atomic mass is 10.1. The predicted molar refractivity (Wildman–Crippen MR) is 72.9 cm³/mol. The molecule has 0 aromatic carbocycles. The van der Waals surface area contributed by atoms with E-state index in [-0.39, 0.29) is 18.1 Å². The third kappa shape index (κ3) is 2.79. The number of nitrogens with one attached hydrogen (secondary N) is 2. The molecule has 5 nitrogen and oxygen atoms in total. The summed E-state index contributed by atoms with van der Waals surface area (Å²) in [7, 11) is 0. The van der Waals surface area contributed by atoms with Crippen LogP contribution in [0.1, 0.15) is 31.9 Å². The van der Waals surface area contributed by atoms with Crippen molar-refractivity contribution in [3.63, 3.8) is 0 Å². The monoisotopic (exact) mass is 349 g/mol. The van der Waals surface area contributed by atoms with Gasteiger partial charge in [0.1, 0.15) is 6.10 Å². The number of H-pyrrole nitrogens is 1. The highest BCUT2D eigenvalue weighted by atomic mass is 127. The van der Waals surface area contributed by atoms with Crippen LogP contribution in [0.2, 0.25) is 0 Å². The average Bonchev–Trinajstić information content (AvgIpc) is 2.91. The lowest BCUT2D eigenvalue weighted by Crippen LogP contribution is -2.28. The normalized spacial score (nSPS) is 23.9. The number of anilines is 1. The number of aromatic amines is 1. The lowest BCUT2D eigenvalue weighted by Gasteiger charge is -2.11. The van der Waals surface area contributed by atoms with Crippen molar-refractivity contribution in [2.45, 2.75) is 45.3 Å². The van der Waals surface area contributed by atoms with Crippen LogP contribution in [-0.2, 0) is 9.53 Å². The topological polar surface area (TPSA) is 67.0 Å². The molecule has 0 aliphatic carbocycles. The zero-order valence-electron chi connectivity index (χ0n) is 9.92. The number of hydrogen-bond donors (Lipinski definition) is 2. The van der Waals surface area contributed by atoms with Gasteiger partial charge in [0.15, 0.2) is 5.82 Å². The number of carbonyl (C=O) groups is 1. The van der Waals surface area contributed by atoms with E-state index in [1.165, 1.54) is 0 Å². The number of aromatic nitrogens is 2. The van der Waals surface area contributed by atoms with Gasteiger partial charge < -0.3 is 10.1 Å². The summed E-state index contributed by atoms with van der Waals surface area (Å²) in [5.41, 5.74) is 0.958. The fourth-order valence-electron chi connectivity index (χ4n) is 1.89. The zero-order chi connectivity index (χ0) is 12.4. The number of aryl methyl sites for hydroxylation is 1. The van der Waals surface area contributed by atoms with E-state index in [0.29, 0.717) is 5.82 Å². The van der Waals surface area contributed by atoms with Crippen LogP contribution in [0.3, 0.4) is 0 Å². The molecule has 1 aliphatic rings. The van der Waals surface area contributed by atoms with E-state index in [1.54, 1.807) is 0 Å². The van der Waals surface area contributed by atoms with Gasteiger partial charge in [-0.05, 0) is 48.8 Å². The summed E-state index contributed by atoms with van der Waals surface area (Å²) in [6.07, 6.45) is 2.62. The van der Waals surface area contributed by atoms with E-state index in [9.17, 15) is 4.79 Å². The molecule has 1 amide bonds. The molecule has 1 aromatic rings. The fraction of sp³-hybridized carbons (Fsp3) is 0.636. The van der Waals surface area contributed by atoms with Crippen LogP contribution in [0, 0.1) is 10.5 Å². The lowest BCUT2D eigenvalue weighted by molar-refractivity contribution is -0.126. The number of nitrogens with zero attached hydrogens (tertiary/aromatic N) is 1. The van der Waals surface area contributed by atoms with Crippen molar-refractivity contribution >= 4 is 34.3 Å². The van der Waals surface area contributed by atoms with Crippen molar-refractivity contribution in [1.29, 1.82) is 0 Å². The quantitative estimate of drug-likeness (QED) is 0.823. The van der Waals surface area contributed by atoms with Crippen molar-refractivity contribution in [2.24, 2.45) is 0 Å². The van der Waals surface area contributed by atoms with Crippen LogP contribution in [-0.4, -0.2) is 28.3 Å². The first-order chi connectivity index (χ1) is 8.11. The second kappa shape index (κ2) is 5.34. The van der Waals surface area contributed by atoms with Crippen LogP contribution >= 0.6 is 22.6 Å². The third-order valence-electron chi connectivity index (χ3n) is 2.97. The Morgan fingerprint density at radius 2 is 2.41 bits per heavy atom. The maximum atomic E-state index is 11.9. The van der Waals surface area contributed by atoms with Gasteiger partial charge >= 0.3 is 0 Å². The summed E-state index contributed by atoms with van der Waals surface area (Å²) in [4.78, 5) is 11.9. The number of hydrogen-bond acceptors (Lipinski definition) is 3. The van der Waals surface area contributed by atoms with Gasteiger partial charge in [0.2, 0.25) is 0 Å². The molecule has 2 atom stereocenters. The average molecular weight is 349 g/mol. The number of carbonyl (C=O) groups excluding carboxylic acids is 1. The largest absolute Gasteiger partial charge is 0.365 e. The van der Waals surface area contributed by atoms with Gasteiger partial charge in [0, 0.05) is 5.69 Å². The predicted octanol–water partition coefficient (Wildman–Crippen LogP) is 2.22. The number of amides is 1. The van der Waals surface area contributed by atoms with Gasteiger partial charge in [-0.1, -0.05) is 6.92 Å². The Balaban J connectivity index is 1.96. The van der Waals surface area contributed by atoms with Crippen molar-refractivity contribution in [3.05, 3.63) is 9.26 Å². The first-order valence-corrected chi connectivity index (χ1v) is 6.86. The SMILES string of the molecule is CCC1CCC(C(=O)Nc2n[nH]c(C)c2I)O1. The standard InChI is InChI=1S/C11H16IN3O2/c1-3-7-4-5-8(17-7)11(16)13-10-9(12)6(2)14-15-10/h7-8H,3-5H2,1-2H3,(H2,13,14,15,16). The van der Waals surface area contributed by atoms with E-state index in [2.05, 4.69) is 45.0 Å². The molecule has 1 fully saturated rings. The van der Waals surface area contributed by atoms with E-state index in [0.717, 1.165) is 28.5 Å². The highest BCUT2D eigenvalue weighted by Crippen LogP contribution is 2.24. The summed E-state index contributed by atoms with van der Waals surface area (Å²) < 4.78 is 6.58. The second-order valence-corrected chi connectivity index (χ2v) is 5.31. The molecule has 2 heterocycles. The van der Waals surface area contributed by atoms with Gasteiger partial charge in [-0.25, -0.2) is 0 Å². The van der Waals surface area contributed by atoms with Crippen molar-refractivity contribution < 1.29 is 9.53 Å². The molecule has 6 heteroatoms. The van der Waals surface area contributed by atoms with E-state index < -0.39 is 0 Å². The first-order valence-electron chi connectivity index (χ1n) is 5.78. The molecular weight excluding hydrogens is 333 g/mol. The van der Waals surface area contributed by atoms with Gasteiger partial charge in [-0.3, -0.25) is 9.89 Å². The van der Waals surface area contributed by atoms with Crippen molar-refractivity contribution in [2.75, 3.05) is 5.32 Å². The van der Waals surface area contributed by atoms with E-state index in [1.807, 2.05) is 6.92 Å². The second-order valence-electron chi connectivity index (χ2n) is 4.23. The van der Waals surface area contributed by atoms with Gasteiger partial charge in [0.05, 0.1) is 9.67 Å². The number of ether oxygens (including phenoxy) is 1. The highest BCUT2D eigenvalue weighted by Gasteiger charge is 2.30. The van der Waals surface area contributed by atoms with E-state index in [4.69, 9.17) is 4.74 Å². The number of rotatable bonds is 3. The van der Waals surface area contributed by atoms with Gasteiger partial charge in [-0.2, -0.15) is 5.10 Å². The van der Waals surface area contributed by atoms with Crippen LogP contribution in [0.5, 0.6) is 0 Å². The van der Waals surface area contributed by atoms with Crippen LogP contribution in [0.25, 0.3) is 0 Å². The summed E-state index contributed by atoms with van der Waals surface area (Å²) in [5.74, 6) is 0.502. The molecule has 94 valence electrons. The van der Waals surface area contributed by atoms with Crippen molar-refractivity contribution in [3.8, 4) is 0 Å². The summed E-state index contributed by atoms with van der Waals surface area (Å²) in [6, 6.07) is 0. The molecule has 0 spiro atoms. The maximum Gasteiger partial charge on any atom is 0.254 e. The highest BCUT2D eigenvalue weighted by molar-refractivity contribution is 14.1. The minimum absolute atomic E-state index is 0.0923. The first kappa shape index (κ1) is 12.8.